The van der Waals surface area contributed by atoms with E-state index < -0.39 is 0 Å². The number of allylic oxidation sites excluding steroid dienone is 5. The smallest absolute Gasteiger partial charge is 0.255 e. The molecule has 0 radical (unpaired) electrons. The minimum Gasteiger partial charge on any atom is -0.496 e. The van der Waals surface area contributed by atoms with Gasteiger partial charge in [-0.25, -0.2) is 4.39 Å². The molecule has 1 amide bonds. The van der Waals surface area contributed by atoms with Crippen LogP contribution in [-0.4, -0.2) is 32.7 Å². The van der Waals surface area contributed by atoms with Crippen molar-refractivity contribution in [3.8, 4) is 5.75 Å². The minimum atomic E-state index is -0.234. The number of para-hydroxylation sites is 1. The molecule has 138 valence electrons. The molecule has 0 saturated carbocycles. The van der Waals surface area contributed by atoms with Crippen LogP contribution in [0.1, 0.15) is 29.6 Å². The Hall–Kier alpha value is -2.40. The number of benzene rings is 1. The van der Waals surface area contributed by atoms with E-state index in [4.69, 9.17) is 4.74 Å². The molecule has 0 spiro atoms. The van der Waals surface area contributed by atoms with Crippen LogP contribution in [0.25, 0.3) is 0 Å². The van der Waals surface area contributed by atoms with E-state index in [1.54, 1.807) is 31.4 Å². The molecule has 1 saturated heterocycles. The van der Waals surface area contributed by atoms with Gasteiger partial charge in [0.1, 0.15) is 11.6 Å². The number of hydrogen-bond donors (Lipinski definition) is 2. The van der Waals surface area contributed by atoms with Crippen molar-refractivity contribution in [3.63, 3.8) is 0 Å². The predicted molar refractivity (Wildman–Crippen MR) is 101 cm³/mol. The standard InChI is InChI=1S/C21H25FN2O2/c1-26-19-9-5-4-8-18(19)20(25)24-15-21(10-12-23-13-11-21)16-6-2-3-7-17(22)14-16/h2-5,7-9,14,23H,6,10-13,15H2,1H3,(H,24,25). The van der Waals surface area contributed by atoms with Crippen molar-refractivity contribution in [2.24, 2.45) is 5.41 Å². The molecule has 0 unspecified atom stereocenters. The zero-order valence-electron chi connectivity index (χ0n) is 15.1. The van der Waals surface area contributed by atoms with Crippen LogP contribution in [-0.2, 0) is 0 Å². The lowest BCUT2D eigenvalue weighted by Gasteiger charge is -2.40. The second kappa shape index (κ2) is 8.32. The number of ether oxygens (including phenoxy) is 1. The van der Waals surface area contributed by atoms with Crippen LogP contribution in [0.2, 0.25) is 0 Å². The van der Waals surface area contributed by atoms with Gasteiger partial charge in [0.25, 0.3) is 5.91 Å². The highest BCUT2D eigenvalue weighted by Crippen LogP contribution is 2.40. The number of methoxy groups -OCH3 is 1. The summed E-state index contributed by atoms with van der Waals surface area (Å²) in [6.45, 7) is 2.20. The summed E-state index contributed by atoms with van der Waals surface area (Å²) in [5.41, 5.74) is 1.32. The third-order valence-corrected chi connectivity index (χ3v) is 5.22. The van der Waals surface area contributed by atoms with E-state index in [9.17, 15) is 9.18 Å². The molecule has 4 nitrogen and oxygen atoms in total. The fourth-order valence-corrected chi connectivity index (χ4v) is 3.69. The molecule has 1 aromatic rings. The van der Waals surface area contributed by atoms with Crippen LogP contribution in [0.5, 0.6) is 5.75 Å². The molecule has 1 fully saturated rings. The molecule has 5 heteroatoms. The highest BCUT2D eigenvalue weighted by atomic mass is 19.1. The molecule has 0 atom stereocenters. The molecule has 3 rings (SSSR count). The van der Waals surface area contributed by atoms with E-state index in [2.05, 4.69) is 10.6 Å². The lowest BCUT2D eigenvalue weighted by atomic mass is 9.71. The minimum absolute atomic E-state index is 0.166. The van der Waals surface area contributed by atoms with Gasteiger partial charge in [0.05, 0.1) is 12.7 Å². The van der Waals surface area contributed by atoms with Crippen molar-refractivity contribution < 1.29 is 13.9 Å². The number of piperidine rings is 1. The zero-order chi connectivity index (χ0) is 18.4. The summed E-state index contributed by atoms with van der Waals surface area (Å²) in [6.07, 6.45) is 9.29. The third-order valence-electron chi connectivity index (χ3n) is 5.22. The number of hydrogen-bond acceptors (Lipinski definition) is 3. The average Bonchev–Trinajstić information content (AvgIpc) is 2.91. The predicted octanol–water partition coefficient (Wildman–Crippen LogP) is 3.53. The van der Waals surface area contributed by atoms with Crippen LogP contribution in [0, 0.1) is 5.41 Å². The van der Waals surface area contributed by atoms with E-state index >= 15 is 0 Å². The summed E-state index contributed by atoms with van der Waals surface area (Å²) in [7, 11) is 1.55. The van der Waals surface area contributed by atoms with Gasteiger partial charge in [-0.1, -0.05) is 29.9 Å². The SMILES string of the molecule is COc1ccccc1C(=O)NCC1(C2=CC(F)=CC=CC2)CCNCC1. The normalized spacial score (nSPS) is 19.2. The molecule has 0 bridgehead atoms. The first kappa shape index (κ1) is 18.4. The summed E-state index contributed by atoms with van der Waals surface area (Å²) < 4.78 is 19.3. The Morgan fingerprint density at radius 1 is 1.31 bits per heavy atom. The Balaban J connectivity index is 1.80. The fraction of sp³-hybridized carbons (Fsp3) is 0.381. The third kappa shape index (κ3) is 4.05. The summed E-state index contributed by atoms with van der Waals surface area (Å²) in [5, 5.41) is 6.42. The number of carbonyl (C=O) groups excluding carboxylic acids is 1. The molecular weight excluding hydrogens is 331 g/mol. The van der Waals surface area contributed by atoms with Crippen molar-refractivity contribution in [1.82, 2.24) is 10.6 Å². The Morgan fingerprint density at radius 2 is 2.08 bits per heavy atom. The molecular formula is C21H25FN2O2. The quantitative estimate of drug-likeness (QED) is 0.848. The van der Waals surface area contributed by atoms with Gasteiger partial charge < -0.3 is 15.4 Å². The molecule has 1 heterocycles. The fourth-order valence-electron chi connectivity index (χ4n) is 3.69. The van der Waals surface area contributed by atoms with Gasteiger partial charge in [-0.05, 0) is 56.6 Å². The summed E-state index contributed by atoms with van der Waals surface area (Å²) in [4.78, 5) is 12.7. The van der Waals surface area contributed by atoms with Gasteiger partial charge in [0.15, 0.2) is 0 Å². The van der Waals surface area contributed by atoms with Gasteiger partial charge >= 0.3 is 0 Å². The lowest BCUT2D eigenvalue weighted by molar-refractivity contribution is 0.0925. The Morgan fingerprint density at radius 3 is 2.85 bits per heavy atom. The largest absolute Gasteiger partial charge is 0.496 e. The monoisotopic (exact) mass is 356 g/mol. The number of carbonyl (C=O) groups is 1. The Labute approximate surface area is 153 Å². The maximum Gasteiger partial charge on any atom is 0.255 e. The van der Waals surface area contributed by atoms with E-state index in [1.807, 2.05) is 18.2 Å². The van der Waals surface area contributed by atoms with Gasteiger partial charge in [0, 0.05) is 12.0 Å². The molecule has 2 aliphatic rings. The topological polar surface area (TPSA) is 50.4 Å². The molecule has 26 heavy (non-hydrogen) atoms. The van der Waals surface area contributed by atoms with Crippen LogP contribution < -0.4 is 15.4 Å². The zero-order valence-corrected chi connectivity index (χ0v) is 15.1. The summed E-state index contributed by atoms with van der Waals surface area (Å²) in [6, 6.07) is 7.17. The summed E-state index contributed by atoms with van der Waals surface area (Å²) >= 11 is 0. The average molecular weight is 356 g/mol. The van der Waals surface area contributed by atoms with Crippen molar-refractivity contribution >= 4 is 5.91 Å². The van der Waals surface area contributed by atoms with Crippen molar-refractivity contribution in [1.29, 1.82) is 0 Å². The van der Waals surface area contributed by atoms with E-state index in [1.165, 1.54) is 6.08 Å². The van der Waals surface area contributed by atoms with Gasteiger partial charge in [-0.15, -0.1) is 0 Å². The summed E-state index contributed by atoms with van der Waals surface area (Å²) in [5.74, 6) is 0.152. The maximum absolute atomic E-state index is 14.0. The first-order chi connectivity index (χ1) is 12.6. The number of amides is 1. The van der Waals surface area contributed by atoms with Gasteiger partial charge in [-0.3, -0.25) is 4.79 Å². The van der Waals surface area contributed by atoms with Crippen LogP contribution >= 0.6 is 0 Å². The van der Waals surface area contributed by atoms with Gasteiger partial charge in [0.2, 0.25) is 0 Å². The Kier molecular flexibility index (Phi) is 5.89. The number of rotatable bonds is 5. The molecule has 0 aromatic heterocycles. The van der Waals surface area contributed by atoms with E-state index in [0.717, 1.165) is 31.5 Å². The molecule has 2 N–H and O–H groups in total. The van der Waals surface area contributed by atoms with E-state index in [-0.39, 0.29) is 17.1 Å². The first-order valence-corrected chi connectivity index (χ1v) is 9.00. The first-order valence-electron chi connectivity index (χ1n) is 9.00. The lowest BCUT2D eigenvalue weighted by Crippen LogP contribution is -2.46. The molecule has 1 aromatic carbocycles. The number of halogens is 1. The highest BCUT2D eigenvalue weighted by Gasteiger charge is 2.36. The van der Waals surface area contributed by atoms with Gasteiger partial charge in [-0.2, -0.15) is 0 Å². The highest BCUT2D eigenvalue weighted by molar-refractivity contribution is 5.96. The maximum atomic E-state index is 14.0. The second-order valence-corrected chi connectivity index (χ2v) is 6.77. The molecule has 1 aliphatic carbocycles. The van der Waals surface area contributed by atoms with Crippen molar-refractivity contribution in [2.75, 3.05) is 26.7 Å². The second-order valence-electron chi connectivity index (χ2n) is 6.77. The number of nitrogens with one attached hydrogen (secondary N) is 2. The van der Waals surface area contributed by atoms with Crippen molar-refractivity contribution in [2.45, 2.75) is 19.3 Å². The van der Waals surface area contributed by atoms with Crippen LogP contribution in [0.3, 0.4) is 0 Å². The van der Waals surface area contributed by atoms with Crippen LogP contribution in [0.15, 0.2) is 60.0 Å². The molecule has 1 aliphatic heterocycles. The van der Waals surface area contributed by atoms with Crippen LogP contribution in [0.4, 0.5) is 4.39 Å². The van der Waals surface area contributed by atoms with Crippen molar-refractivity contribution in [3.05, 3.63) is 65.5 Å². The Bertz CT molecular complexity index is 746. The van der Waals surface area contributed by atoms with E-state index in [0.29, 0.717) is 24.3 Å².